The molecule has 0 aliphatic carbocycles. The molecule has 3 heterocycles. The summed E-state index contributed by atoms with van der Waals surface area (Å²) >= 11 is 3.13. The molecule has 2 N–H and O–H groups in total. The van der Waals surface area contributed by atoms with Crippen LogP contribution in [0.5, 0.6) is 0 Å². The third kappa shape index (κ3) is 3.67. The summed E-state index contributed by atoms with van der Waals surface area (Å²) in [5, 5.41) is 20.6. The van der Waals surface area contributed by atoms with Crippen LogP contribution in [0.4, 0.5) is 0 Å². The van der Waals surface area contributed by atoms with Crippen LogP contribution in [0, 0.1) is 6.92 Å². The number of aryl methyl sites for hydroxylation is 1. The number of rotatable bonds is 5. The summed E-state index contributed by atoms with van der Waals surface area (Å²) in [4.78, 5) is 16.8. The van der Waals surface area contributed by atoms with E-state index < -0.39 is 6.10 Å². The second-order valence-electron chi connectivity index (χ2n) is 5.12. The van der Waals surface area contributed by atoms with Crippen LogP contribution in [-0.4, -0.2) is 22.5 Å². The Morgan fingerprint density at radius 2 is 2.00 bits per heavy atom. The number of thiophene rings is 2. The van der Waals surface area contributed by atoms with Crippen molar-refractivity contribution in [3.05, 3.63) is 62.6 Å². The van der Waals surface area contributed by atoms with Gasteiger partial charge in [0.2, 0.25) is 0 Å². The third-order valence-corrected chi connectivity index (χ3v) is 4.92. The molecule has 4 nitrogen and oxygen atoms in total. The van der Waals surface area contributed by atoms with Crippen molar-refractivity contribution in [3.8, 4) is 11.3 Å². The molecule has 3 aromatic rings. The van der Waals surface area contributed by atoms with Crippen molar-refractivity contribution >= 4 is 28.6 Å². The lowest BCUT2D eigenvalue weighted by Gasteiger charge is -2.12. The number of hydrogen-bond acceptors (Lipinski definition) is 5. The normalized spacial score (nSPS) is 12.1. The minimum absolute atomic E-state index is 0.182. The lowest BCUT2D eigenvalue weighted by molar-refractivity contribution is 0.0915. The predicted molar refractivity (Wildman–Crippen MR) is 93.9 cm³/mol. The second-order valence-corrected chi connectivity index (χ2v) is 6.68. The van der Waals surface area contributed by atoms with Crippen LogP contribution in [0.15, 0.2) is 45.8 Å². The largest absolute Gasteiger partial charge is 0.387 e. The Hall–Kier alpha value is -2.02. The van der Waals surface area contributed by atoms with E-state index >= 15 is 0 Å². The molecule has 0 saturated carbocycles. The number of aromatic nitrogens is 1. The van der Waals surface area contributed by atoms with Crippen molar-refractivity contribution in [2.45, 2.75) is 13.0 Å². The van der Waals surface area contributed by atoms with Crippen LogP contribution >= 0.6 is 22.7 Å². The van der Waals surface area contributed by atoms with E-state index in [0.29, 0.717) is 11.3 Å². The fourth-order valence-electron chi connectivity index (χ4n) is 2.24. The standard InChI is InChI=1S/C17H16N2O2S2/c1-11-14(2-3-15(19-11)12-4-6-22-9-12)17(21)18-8-16(20)13-5-7-23-10-13/h2-7,9-10,16,20H,8H2,1H3,(H,18,21). The van der Waals surface area contributed by atoms with Crippen LogP contribution < -0.4 is 5.32 Å². The smallest absolute Gasteiger partial charge is 0.253 e. The first-order valence-electron chi connectivity index (χ1n) is 7.13. The van der Waals surface area contributed by atoms with Gasteiger partial charge in [-0.1, -0.05) is 0 Å². The van der Waals surface area contributed by atoms with E-state index in [0.717, 1.165) is 16.8 Å². The van der Waals surface area contributed by atoms with E-state index in [4.69, 9.17) is 0 Å². The number of nitrogens with one attached hydrogen (secondary N) is 1. The van der Waals surface area contributed by atoms with Gasteiger partial charge in [-0.05, 0) is 52.9 Å². The lowest BCUT2D eigenvalue weighted by atomic mass is 10.1. The molecular formula is C17H16N2O2S2. The van der Waals surface area contributed by atoms with Gasteiger partial charge in [0.05, 0.1) is 23.1 Å². The first kappa shape index (κ1) is 15.9. The highest BCUT2D eigenvalue weighted by Crippen LogP contribution is 2.21. The van der Waals surface area contributed by atoms with E-state index in [1.165, 1.54) is 11.3 Å². The molecule has 1 amide bonds. The van der Waals surface area contributed by atoms with Gasteiger partial charge in [-0.15, -0.1) is 0 Å². The summed E-state index contributed by atoms with van der Waals surface area (Å²) < 4.78 is 0. The molecule has 3 aromatic heterocycles. The molecule has 0 aromatic carbocycles. The number of pyridine rings is 1. The molecule has 0 radical (unpaired) electrons. The van der Waals surface area contributed by atoms with Gasteiger partial charge in [-0.25, -0.2) is 0 Å². The van der Waals surface area contributed by atoms with Crippen molar-refractivity contribution in [3.63, 3.8) is 0 Å². The van der Waals surface area contributed by atoms with Crippen molar-refractivity contribution < 1.29 is 9.90 Å². The fourth-order valence-corrected chi connectivity index (χ4v) is 3.60. The summed E-state index contributed by atoms with van der Waals surface area (Å²) in [7, 11) is 0. The van der Waals surface area contributed by atoms with Gasteiger partial charge in [0.15, 0.2) is 0 Å². The molecule has 0 spiro atoms. The van der Waals surface area contributed by atoms with Gasteiger partial charge in [-0.2, -0.15) is 22.7 Å². The molecular weight excluding hydrogens is 328 g/mol. The van der Waals surface area contributed by atoms with Crippen molar-refractivity contribution in [1.82, 2.24) is 10.3 Å². The molecule has 118 valence electrons. The Balaban J connectivity index is 1.68. The van der Waals surface area contributed by atoms with Gasteiger partial charge in [-0.3, -0.25) is 9.78 Å². The zero-order chi connectivity index (χ0) is 16.2. The predicted octanol–water partition coefficient (Wildman–Crippen LogP) is 3.64. The summed E-state index contributed by atoms with van der Waals surface area (Å²) in [6, 6.07) is 7.48. The quantitative estimate of drug-likeness (QED) is 0.743. The minimum Gasteiger partial charge on any atom is -0.387 e. The van der Waals surface area contributed by atoms with Gasteiger partial charge in [0.1, 0.15) is 0 Å². The van der Waals surface area contributed by atoms with Gasteiger partial charge >= 0.3 is 0 Å². The molecule has 6 heteroatoms. The zero-order valence-corrected chi connectivity index (χ0v) is 14.2. The molecule has 0 aliphatic rings. The maximum absolute atomic E-state index is 12.3. The topological polar surface area (TPSA) is 62.2 Å². The van der Waals surface area contributed by atoms with E-state index in [1.54, 1.807) is 17.4 Å². The summed E-state index contributed by atoms with van der Waals surface area (Å²) in [6.07, 6.45) is -0.691. The van der Waals surface area contributed by atoms with Crippen LogP contribution in [0.2, 0.25) is 0 Å². The number of aliphatic hydroxyl groups excluding tert-OH is 1. The third-order valence-electron chi connectivity index (χ3n) is 3.53. The summed E-state index contributed by atoms with van der Waals surface area (Å²) in [5.41, 5.74) is 3.94. The second kappa shape index (κ2) is 7.04. The van der Waals surface area contributed by atoms with Crippen molar-refractivity contribution in [1.29, 1.82) is 0 Å². The Labute approximate surface area is 142 Å². The molecule has 23 heavy (non-hydrogen) atoms. The Kier molecular flexibility index (Phi) is 4.85. The molecule has 1 atom stereocenters. The SMILES string of the molecule is Cc1nc(-c2ccsc2)ccc1C(=O)NCC(O)c1ccsc1. The summed E-state index contributed by atoms with van der Waals surface area (Å²) in [6.45, 7) is 2.00. The van der Waals surface area contributed by atoms with Crippen molar-refractivity contribution in [2.24, 2.45) is 0 Å². The monoisotopic (exact) mass is 344 g/mol. The van der Waals surface area contributed by atoms with Crippen LogP contribution in [-0.2, 0) is 0 Å². The first-order chi connectivity index (χ1) is 11.1. The van der Waals surface area contributed by atoms with E-state index in [-0.39, 0.29) is 12.5 Å². The van der Waals surface area contributed by atoms with Gasteiger partial charge in [0.25, 0.3) is 5.91 Å². The average molecular weight is 344 g/mol. The van der Waals surface area contributed by atoms with Crippen LogP contribution in [0.3, 0.4) is 0 Å². The van der Waals surface area contributed by atoms with E-state index in [9.17, 15) is 9.90 Å². The number of nitrogens with zero attached hydrogens (tertiary/aromatic N) is 1. The van der Waals surface area contributed by atoms with Gasteiger partial charge in [0, 0.05) is 17.5 Å². The minimum atomic E-state index is -0.691. The number of hydrogen-bond donors (Lipinski definition) is 2. The zero-order valence-electron chi connectivity index (χ0n) is 12.5. The molecule has 3 rings (SSSR count). The van der Waals surface area contributed by atoms with E-state index in [1.807, 2.05) is 46.6 Å². The van der Waals surface area contributed by atoms with Crippen LogP contribution in [0.25, 0.3) is 11.3 Å². The van der Waals surface area contributed by atoms with Gasteiger partial charge < -0.3 is 10.4 Å². The maximum Gasteiger partial charge on any atom is 0.253 e. The van der Waals surface area contributed by atoms with Crippen molar-refractivity contribution in [2.75, 3.05) is 6.54 Å². The molecule has 0 bridgehead atoms. The van der Waals surface area contributed by atoms with Crippen LogP contribution in [0.1, 0.15) is 27.7 Å². The molecule has 0 saturated heterocycles. The van der Waals surface area contributed by atoms with E-state index in [2.05, 4.69) is 10.3 Å². The average Bonchev–Trinajstić information content (AvgIpc) is 3.24. The highest BCUT2D eigenvalue weighted by Gasteiger charge is 2.14. The number of amides is 1. The summed E-state index contributed by atoms with van der Waals surface area (Å²) in [5.74, 6) is -0.221. The first-order valence-corrected chi connectivity index (χ1v) is 9.02. The fraction of sp³-hybridized carbons (Fsp3) is 0.176. The highest BCUT2D eigenvalue weighted by atomic mass is 32.1. The molecule has 0 fully saturated rings. The maximum atomic E-state index is 12.3. The number of carbonyl (C=O) groups is 1. The molecule has 1 unspecified atom stereocenters. The highest BCUT2D eigenvalue weighted by molar-refractivity contribution is 7.08. The Bertz CT molecular complexity index is 783. The molecule has 0 aliphatic heterocycles. The number of aliphatic hydroxyl groups is 1. The Morgan fingerprint density at radius 3 is 2.65 bits per heavy atom. The lowest BCUT2D eigenvalue weighted by Crippen LogP contribution is -2.29. The number of carbonyl (C=O) groups excluding carboxylic acids is 1. The Morgan fingerprint density at radius 1 is 1.22 bits per heavy atom.